The number of aromatic amines is 2. The smallest absolute Gasteiger partial charge is 0.316 e. The molecule has 0 radical (unpaired) electrons. The molecule has 9 heteroatoms. The second kappa shape index (κ2) is 7.96. The van der Waals surface area contributed by atoms with Crippen molar-refractivity contribution < 1.29 is 4.79 Å². The van der Waals surface area contributed by atoms with E-state index in [2.05, 4.69) is 30.7 Å². The molecule has 0 saturated heterocycles. The van der Waals surface area contributed by atoms with Crippen molar-refractivity contribution in [1.82, 2.24) is 30.3 Å². The monoisotopic (exact) mass is 449 g/mol. The van der Waals surface area contributed by atoms with Crippen molar-refractivity contribution in [3.05, 3.63) is 94.7 Å². The first kappa shape index (κ1) is 19.9. The summed E-state index contributed by atoms with van der Waals surface area (Å²) in [5.74, 6) is 0. The number of nitrogens with zero attached hydrogens (tertiary/aromatic N) is 4. The Balaban J connectivity index is 1.23. The summed E-state index contributed by atoms with van der Waals surface area (Å²) in [6, 6.07) is 16.6. The molecule has 4 heterocycles. The first-order valence-electron chi connectivity index (χ1n) is 10.8. The number of aromatic nitrogens is 5. The summed E-state index contributed by atoms with van der Waals surface area (Å²) >= 11 is 0. The summed E-state index contributed by atoms with van der Waals surface area (Å²) in [6.45, 7) is 1.11. The molecule has 9 nitrogen and oxygen atoms in total. The summed E-state index contributed by atoms with van der Waals surface area (Å²) in [4.78, 5) is 31.1. The highest BCUT2D eigenvalue weighted by Gasteiger charge is 2.23. The van der Waals surface area contributed by atoms with Gasteiger partial charge in [-0.05, 0) is 47.0 Å². The lowest BCUT2D eigenvalue weighted by Crippen LogP contribution is -2.30. The molecule has 166 valence electrons. The summed E-state index contributed by atoms with van der Waals surface area (Å²) in [5.41, 5.74) is 6.17. The zero-order chi connectivity index (χ0) is 23.1. The number of carbonyl (C=O) groups is 1. The molecular formula is C25H19N7O2. The Labute approximate surface area is 193 Å². The van der Waals surface area contributed by atoms with E-state index in [-0.39, 0.29) is 11.6 Å². The molecule has 1 aliphatic heterocycles. The molecule has 0 unspecified atom stereocenters. The Hall–Kier alpha value is -4.79. The number of nitrogens with one attached hydrogen (secondary N) is 3. The lowest BCUT2D eigenvalue weighted by Gasteiger charge is -2.16. The highest BCUT2D eigenvalue weighted by molar-refractivity contribution is 5.94. The van der Waals surface area contributed by atoms with Gasteiger partial charge < -0.3 is 10.2 Å². The van der Waals surface area contributed by atoms with Gasteiger partial charge in [-0.2, -0.15) is 10.2 Å². The van der Waals surface area contributed by atoms with Crippen LogP contribution in [-0.4, -0.2) is 36.3 Å². The van der Waals surface area contributed by atoms with Crippen LogP contribution in [0.15, 0.2) is 78.0 Å². The number of rotatable bonds is 3. The van der Waals surface area contributed by atoms with Crippen LogP contribution in [-0.2, 0) is 13.1 Å². The maximum atomic E-state index is 12.7. The topological polar surface area (TPSA) is 120 Å². The third-order valence-corrected chi connectivity index (χ3v) is 6.02. The zero-order valence-electron chi connectivity index (χ0n) is 17.9. The van der Waals surface area contributed by atoms with E-state index in [0.717, 1.165) is 33.2 Å². The van der Waals surface area contributed by atoms with Crippen LogP contribution < -0.4 is 10.9 Å². The number of hydrogen-bond donors (Lipinski definition) is 3. The quantitative estimate of drug-likeness (QED) is 0.386. The lowest BCUT2D eigenvalue weighted by molar-refractivity contribution is 0.212. The Morgan fingerprint density at radius 2 is 1.79 bits per heavy atom. The molecular weight excluding hydrogens is 430 g/mol. The van der Waals surface area contributed by atoms with Crippen molar-refractivity contribution in [2.24, 2.45) is 0 Å². The fourth-order valence-electron chi connectivity index (χ4n) is 4.25. The number of H-pyrrole nitrogens is 2. The molecule has 3 aromatic heterocycles. The largest absolute Gasteiger partial charge is 0.322 e. The van der Waals surface area contributed by atoms with Gasteiger partial charge in [0.1, 0.15) is 0 Å². The molecule has 2 amide bonds. The molecule has 0 bridgehead atoms. The number of urea groups is 1. The maximum Gasteiger partial charge on any atom is 0.322 e. The van der Waals surface area contributed by atoms with Gasteiger partial charge in [-0.25, -0.2) is 9.89 Å². The maximum absolute atomic E-state index is 12.7. The van der Waals surface area contributed by atoms with Crippen LogP contribution in [0.3, 0.4) is 0 Å². The molecule has 0 fully saturated rings. The van der Waals surface area contributed by atoms with Gasteiger partial charge in [-0.15, -0.1) is 0 Å². The van der Waals surface area contributed by atoms with Gasteiger partial charge in [0.2, 0.25) is 0 Å². The third kappa shape index (κ3) is 3.49. The zero-order valence-corrected chi connectivity index (χ0v) is 17.9. The van der Waals surface area contributed by atoms with E-state index in [1.165, 1.54) is 0 Å². The van der Waals surface area contributed by atoms with Gasteiger partial charge in [0.15, 0.2) is 0 Å². The highest BCUT2D eigenvalue weighted by Crippen LogP contribution is 2.28. The van der Waals surface area contributed by atoms with Gasteiger partial charge in [-0.1, -0.05) is 24.3 Å². The Bertz CT molecular complexity index is 1560. The normalized spacial score (nSPS) is 12.6. The second-order valence-corrected chi connectivity index (χ2v) is 8.14. The molecule has 0 atom stereocenters. The summed E-state index contributed by atoms with van der Waals surface area (Å²) < 4.78 is 0. The number of carbonyl (C=O) groups excluding carboxylic acids is 1. The molecule has 1 aliphatic rings. The van der Waals surface area contributed by atoms with E-state index in [1.807, 2.05) is 48.5 Å². The van der Waals surface area contributed by atoms with Crippen LogP contribution in [0.2, 0.25) is 0 Å². The minimum absolute atomic E-state index is 0.165. The molecule has 0 aliphatic carbocycles. The fourth-order valence-corrected chi connectivity index (χ4v) is 4.25. The first-order chi connectivity index (χ1) is 16.7. The summed E-state index contributed by atoms with van der Waals surface area (Å²) in [6.07, 6.45) is 5.25. The second-order valence-electron chi connectivity index (χ2n) is 8.14. The average molecular weight is 449 g/mol. The SMILES string of the molecule is O=C(Nc1ccc(-c2cc(-c3cccc4[nH]ncc34)c(=O)[nH]n2)cc1)N1Cc2ccncc2C1. The number of anilines is 1. The Morgan fingerprint density at radius 1 is 0.941 bits per heavy atom. The van der Waals surface area contributed by atoms with Gasteiger partial charge in [0.05, 0.1) is 23.0 Å². The van der Waals surface area contributed by atoms with Crippen LogP contribution in [0, 0.1) is 0 Å². The van der Waals surface area contributed by atoms with E-state index < -0.39 is 0 Å². The fraction of sp³-hybridized carbons (Fsp3) is 0.0800. The number of hydrogen-bond acceptors (Lipinski definition) is 5. The van der Waals surface area contributed by atoms with E-state index >= 15 is 0 Å². The molecule has 0 saturated carbocycles. The summed E-state index contributed by atoms with van der Waals surface area (Å²) in [5, 5.41) is 17.6. The predicted molar refractivity (Wildman–Crippen MR) is 128 cm³/mol. The van der Waals surface area contributed by atoms with Crippen molar-refractivity contribution in [2.75, 3.05) is 5.32 Å². The van der Waals surface area contributed by atoms with Crippen LogP contribution in [0.5, 0.6) is 0 Å². The molecule has 0 spiro atoms. The number of fused-ring (bicyclic) bond motifs is 2. The first-order valence-corrected chi connectivity index (χ1v) is 10.8. The minimum atomic E-state index is -0.275. The minimum Gasteiger partial charge on any atom is -0.316 e. The highest BCUT2D eigenvalue weighted by atomic mass is 16.2. The van der Waals surface area contributed by atoms with Gasteiger partial charge in [-0.3, -0.25) is 14.9 Å². The molecule has 3 N–H and O–H groups in total. The van der Waals surface area contributed by atoms with E-state index in [4.69, 9.17) is 0 Å². The van der Waals surface area contributed by atoms with Crippen LogP contribution in [0.25, 0.3) is 33.3 Å². The number of benzene rings is 2. The molecule has 6 rings (SSSR count). The summed E-state index contributed by atoms with van der Waals surface area (Å²) in [7, 11) is 0. The standard InChI is InChI=1S/C25H19N7O2/c33-24-20(19-2-1-3-22-21(19)12-27-29-22)10-23(30-31-24)15-4-6-18(7-5-15)28-25(34)32-13-16-8-9-26-11-17(16)14-32/h1-12H,13-14H2,(H,27,29)(H,28,34)(H,31,33). The van der Waals surface area contributed by atoms with E-state index in [1.54, 1.807) is 29.6 Å². The van der Waals surface area contributed by atoms with E-state index in [9.17, 15) is 9.59 Å². The number of pyridine rings is 1. The van der Waals surface area contributed by atoms with E-state index in [0.29, 0.717) is 30.0 Å². The lowest BCUT2D eigenvalue weighted by atomic mass is 10.0. The molecule has 5 aromatic rings. The van der Waals surface area contributed by atoms with Gasteiger partial charge in [0, 0.05) is 42.1 Å². The third-order valence-electron chi connectivity index (χ3n) is 6.02. The van der Waals surface area contributed by atoms with Crippen LogP contribution in [0.4, 0.5) is 10.5 Å². The van der Waals surface area contributed by atoms with Crippen LogP contribution in [0.1, 0.15) is 11.1 Å². The molecule has 34 heavy (non-hydrogen) atoms. The Kier molecular flexibility index (Phi) is 4.65. The van der Waals surface area contributed by atoms with Crippen molar-refractivity contribution in [3.63, 3.8) is 0 Å². The van der Waals surface area contributed by atoms with Crippen molar-refractivity contribution in [3.8, 4) is 22.4 Å². The number of amides is 2. The van der Waals surface area contributed by atoms with Gasteiger partial charge >= 0.3 is 6.03 Å². The van der Waals surface area contributed by atoms with Crippen molar-refractivity contribution in [2.45, 2.75) is 13.1 Å². The predicted octanol–water partition coefficient (Wildman–Crippen LogP) is 3.92. The molecule has 2 aromatic carbocycles. The van der Waals surface area contributed by atoms with Crippen molar-refractivity contribution >= 4 is 22.6 Å². The Morgan fingerprint density at radius 3 is 2.65 bits per heavy atom. The van der Waals surface area contributed by atoms with Gasteiger partial charge in [0.25, 0.3) is 5.56 Å². The van der Waals surface area contributed by atoms with Crippen molar-refractivity contribution in [1.29, 1.82) is 0 Å². The average Bonchev–Trinajstić information content (AvgIpc) is 3.52. The van der Waals surface area contributed by atoms with Crippen LogP contribution >= 0.6 is 0 Å².